The van der Waals surface area contributed by atoms with Crippen LogP contribution in [0.2, 0.25) is 0 Å². The molecule has 1 saturated heterocycles. The molecule has 1 aromatic heterocycles. The van der Waals surface area contributed by atoms with Crippen LogP contribution in [0.25, 0.3) is 0 Å². The number of carbonyl (C=O) groups excluding carboxylic acids is 1. The number of nitrogens with zero attached hydrogens (tertiary/aromatic N) is 4. The summed E-state index contributed by atoms with van der Waals surface area (Å²) in [6, 6.07) is 7.71. The molecule has 1 fully saturated rings. The van der Waals surface area contributed by atoms with Crippen molar-refractivity contribution in [2.45, 2.75) is 57.5 Å². The van der Waals surface area contributed by atoms with Gasteiger partial charge in [-0.15, -0.1) is 0 Å². The molecule has 1 amide bonds. The SMILES string of the molecule is CNc1nc([C@@H]2CCCCN2C(=O)C(C)(C)c2ccc(OC)cc2)nc2c1CCN(C)C2. The van der Waals surface area contributed by atoms with Crippen LogP contribution in [0.5, 0.6) is 5.75 Å². The minimum absolute atomic E-state index is 0.0987. The van der Waals surface area contributed by atoms with Gasteiger partial charge in [-0.1, -0.05) is 12.1 Å². The van der Waals surface area contributed by atoms with Gasteiger partial charge in [0, 0.05) is 32.2 Å². The van der Waals surface area contributed by atoms with Gasteiger partial charge >= 0.3 is 0 Å². The summed E-state index contributed by atoms with van der Waals surface area (Å²) < 4.78 is 5.29. The number of likely N-dealkylation sites (tertiary alicyclic amines) is 1. The van der Waals surface area contributed by atoms with E-state index in [1.807, 2.05) is 50.1 Å². The van der Waals surface area contributed by atoms with Crippen LogP contribution in [0.3, 0.4) is 0 Å². The summed E-state index contributed by atoms with van der Waals surface area (Å²) in [5.74, 6) is 2.59. The Balaban J connectivity index is 1.67. The van der Waals surface area contributed by atoms with E-state index in [0.717, 1.165) is 74.0 Å². The Kier molecular flexibility index (Phi) is 6.38. The Morgan fingerprint density at radius 2 is 1.91 bits per heavy atom. The summed E-state index contributed by atoms with van der Waals surface area (Å²) in [5, 5.41) is 3.28. The van der Waals surface area contributed by atoms with Crippen molar-refractivity contribution in [2.75, 3.05) is 39.6 Å². The minimum atomic E-state index is -0.651. The number of likely N-dealkylation sites (N-methyl/N-ethyl adjacent to an activating group) is 1. The zero-order valence-electron chi connectivity index (χ0n) is 19.9. The zero-order valence-corrected chi connectivity index (χ0v) is 19.9. The van der Waals surface area contributed by atoms with E-state index < -0.39 is 5.41 Å². The van der Waals surface area contributed by atoms with Crippen LogP contribution in [0, 0.1) is 0 Å². The number of nitrogens with one attached hydrogen (secondary N) is 1. The number of rotatable bonds is 5. The maximum atomic E-state index is 13.9. The monoisotopic (exact) mass is 437 g/mol. The average molecular weight is 438 g/mol. The molecule has 1 aromatic carbocycles. The van der Waals surface area contributed by atoms with E-state index in [2.05, 4.69) is 17.3 Å². The number of benzene rings is 1. The summed E-state index contributed by atoms with van der Waals surface area (Å²) in [4.78, 5) is 28.1. The van der Waals surface area contributed by atoms with Crippen LogP contribution < -0.4 is 10.1 Å². The summed E-state index contributed by atoms with van der Waals surface area (Å²) in [7, 11) is 5.69. The molecule has 0 aliphatic carbocycles. The maximum Gasteiger partial charge on any atom is 0.233 e. The second-order valence-electron chi connectivity index (χ2n) is 9.46. The van der Waals surface area contributed by atoms with Crippen molar-refractivity contribution in [1.82, 2.24) is 19.8 Å². The predicted molar refractivity (Wildman–Crippen MR) is 126 cm³/mol. The van der Waals surface area contributed by atoms with Gasteiger partial charge in [-0.2, -0.15) is 0 Å². The molecule has 7 heteroatoms. The molecule has 32 heavy (non-hydrogen) atoms. The highest BCUT2D eigenvalue weighted by Gasteiger charge is 2.39. The lowest BCUT2D eigenvalue weighted by molar-refractivity contribution is -0.140. The lowest BCUT2D eigenvalue weighted by Gasteiger charge is -2.40. The van der Waals surface area contributed by atoms with Crippen LogP contribution in [0.4, 0.5) is 5.82 Å². The Bertz CT molecular complexity index is 973. The van der Waals surface area contributed by atoms with Gasteiger partial charge in [0.1, 0.15) is 11.6 Å². The number of hydrogen-bond acceptors (Lipinski definition) is 6. The highest BCUT2D eigenvalue weighted by Crippen LogP contribution is 2.36. The number of methoxy groups -OCH3 is 1. The van der Waals surface area contributed by atoms with Gasteiger partial charge in [-0.05, 0) is 64.3 Å². The number of hydrogen-bond donors (Lipinski definition) is 1. The summed E-state index contributed by atoms with van der Waals surface area (Å²) in [6.07, 6.45) is 3.92. The Morgan fingerprint density at radius 3 is 2.59 bits per heavy atom. The number of aromatic nitrogens is 2. The zero-order chi connectivity index (χ0) is 22.9. The highest BCUT2D eigenvalue weighted by molar-refractivity contribution is 5.87. The average Bonchev–Trinajstić information content (AvgIpc) is 2.82. The predicted octanol–water partition coefficient (Wildman–Crippen LogP) is 3.55. The molecule has 1 N–H and O–H groups in total. The fourth-order valence-electron chi connectivity index (χ4n) is 4.87. The molecule has 0 spiro atoms. The molecule has 4 rings (SSSR count). The van der Waals surface area contributed by atoms with E-state index >= 15 is 0 Å². The lowest BCUT2D eigenvalue weighted by atomic mass is 9.82. The Morgan fingerprint density at radius 1 is 1.16 bits per heavy atom. The van der Waals surface area contributed by atoms with Gasteiger partial charge in [0.15, 0.2) is 5.82 Å². The number of carbonyl (C=O) groups is 1. The Hall–Kier alpha value is -2.67. The molecule has 7 nitrogen and oxygen atoms in total. The molecule has 0 unspecified atom stereocenters. The van der Waals surface area contributed by atoms with Crippen LogP contribution in [0.15, 0.2) is 24.3 Å². The first-order valence-corrected chi connectivity index (χ1v) is 11.6. The third kappa shape index (κ3) is 4.18. The van der Waals surface area contributed by atoms with Gasteiger partial charge in [-0.25, -0.2) is 9.97 Å². The Labute approximate surface area is 191 Å². The van der Waals surface area contributed by atoms with E-state index in [4.69, 9.17) is 14.7 Å². The van der Waals surface area contributed by atoms with Crippen molar-refractivity contribution in [3.8, 4) is 5.75 Å². The molecule has 2 aromatic rings. The first-order chi connectivity index (χ1) is 15.3. The fourth-order valence-corrected chi connectivity index (χ4v) is 4.87. The number of anilines is 1. The second-order valence-corrected chi connectivity index (χ2v) is 9.46. The fraction of sp³-hybridized carbons (Fsp3) is 0.560. The van der Waals surface area contributed by atoms with Crippen molar-refractivity contribution in [3.05, 3.63) is 46.9 Å². The van der Waals surface area contributed by atoms with Crippen molar-refractivity contribution >= 4 is 11.7 Å². The third-order valence-electron chi connectivity index (χ3n) is 6.92. The number of ether oxygens (including phenoxy) is 1. The van der Waals surface area contributed by atoms with E-state index in [-0.39, 0.29) is 11.9 Å². The number of amides is 1. The van der Waals surface area contributed by atoms with Crippen molar-refractivity contribution in [1.29, 1.82) is 0 Å². The van der Waals surface area contributed by atoms with Crippen molar-refractivity contribution in [2.24, 2.45) is 0 Å². The van der Waals surface area contributed by atoms with E-state index in [0.29, 0.717) is 0 Å². The minimum Gasteiger partial charge on any atom is -0.497 e. The standard InChI is InChI=1S/C25H35N5O2/c1-25(2,17-9-11-18(32-5)12-10-17)24(31)30-14-7-6-8-21(30)23-27-20-16-29(4)15-13-19(20)22(26-3)28-23/h9-12,21H,6-8,13-16H2,1-5H3,(H,26,27,28)/t21-/m0/s1. The smallest absolute Gasteiger partial charge is 0.233 e. The van der Waals surface area contributed by atoms with Crippen LogP contribution in [-0.2, 0) is 23.2 Å². The number of fused-ring (bicyclic) bond motifs is 1. The van der Waals surface area contributed by atoms with E-state index in [1.165, 1.54) is 5.56 Å². The molecule has 3 heterocycles. The van der Waals surface area contributed by atoms with Gasteiger partial charge < -0.3 is 19.9 Å². The largest absolute Gasteiger partial charge is 0.497 e. The molecule has 2 aliphatic heterocycles. The van der Waals surface area contributed by atoms with Gasteiger partial charge in [-0.3, -0.25) is 4.79 Å². The van der Waals surface area contributed by atoms with E-state index in [1.54, 1.807) is 7.11 Å². The third-order valence-corrected chi connectivity index (χ3v) is 6.92. The molecule has 0 saturated carbocycles. The van der Waals surface area contributed by atoms with E-state index in [9.17, 15) is 4.79 Å². The van der Waals surface area contributed by atoms with Crippen molar-refractivity contribution in [3.63, 3.8) is 0 Å². The summed E-state index contributed by atoms with van der Waals surface area (Å²) in [5.41, 5.74) is 2.63. The summed E-state index contributed by atoms with van der Waals surface area (Å²) in [6.45, 7) is 6.57. The first kappa shape index (κ1) is 22.5. The molecule has 0 bridgehead atoms. The van der Waals surface area contributed by atoms with Gasteiger partial charge in [0.2, 0.25) is 5.91 Å². The molecule has 2 aliphatic rings. The molecular formula is C25H35N5O2. The molecular weight excluding hydrogens is 402 g/mol. The van der Waals surface area contributed by atoms with Crippen LogP contribution in [0.1, 0.15) is 61.8 Å². The second kappa shape index (κ2) is 9.06. The van der Waals surface area contributed by atoms with Crippen LogP contribution in [-0.4, -0.2) is 60.0 Å². The first-order valence-electron chi connectivity index (χ1n) is 11.6. The topological polar surface area (TPSA) is 70.6 Å². The molecule has 1 atom stereocenters. The maximum absolute atomic E-state index is 13.9. The summed E-state index contributed by atoms with van der Waals surface area (Å²) >= 11 is 0. The highest BCUT2D eigenvalue weighted by atomic mass is 16.5. The normalized spacial score (nSPS) is 19.4. The molecule has 0 radical (unpaired) electrons. The van der Waals surface area contributed by atoms with Gasteiger partial charge in [0.05, 0.1) is 24.3 Å². The van der Waals surface area contributed by atoms with Gasteiger partial charge in [0.25, 0.3) is 0 Å². The lowest BCUT2D eigenvalue weighted by Crippen LogP contribution is -2.47. The molecule has 172 valence electrons. The van der Waals surface area contributed by atoms with Crippen LogP contribution >= 0.6 is 0 Å². The van der Waals surface area contributed by atoms with Crippen molar-refractivity contribution < 1.29 is 9.53 Å². The number of piperidine rings is 1. The quantitative estimate of drug-likeness (QED) is 0.772.